The maximum atomic E-state index is 15.4. The van der Waals surface area contributed by atoms with Gasteiger partial charge in [0.05, 0.1) is 24.1 Å². The van der Waals surface area contributed by atoms with E-state index in [-0.39, 0.29) is 17.2 Å². The number of piperidine rings is 1. The molecule has 5 nitrogen and oxygen atoms in total. The first kappa shape index (κ1) is 29.1. The van der Waals surface area contributed by atoms with Crippen molar-refractivity contribution in [2.45, 2.75) is 42.9 Å². The Hall–Kier alpha value is -2.85. The first-order valence-corrected chi connectivity index (χ1v) is 14.0. The number of halogens is 4. The molecule has 3 aromatic rings. The molecule has 2 aromatic carbocycles. The predicted molar refractivity (Wildman–Crippen MR) is 144 cm³/mol. The van der Waals surface area contributed by atoms with Gasteiger partial charge in [-0.1, -0.05) is 12.1 Å². The largest absolute Gasteiger partial charge is 0.497 e. The van der Waals surface area contributed by atoms with Crippen molar-refractivity contribution >= 4 is 28.6 Å². The summed E-state index contributed by atoms with van der Waals surface area (Å²) in [6.07, 6.45) is -2.14. The van der Waals surface area contributed by atoms with E-state index < -0.39 is 29.8 Å². The van der Waals surface area contributed by atoms with Crippen LogP contribution in [0.4, 0.5) is 17.6 Å². The van der Waals surface area contributed by atoms with E-state index in [0.29, 0.717) is 66.9 Å². The lowest BCUT2D eigenvalue weighted by Crippen LogP contribution is -2.44. The Kier molecular flexibility index (Phi) is 9.71. The Morgan fingerprint density at radius 1 is 1.23 bits per heavy atom. The number of carboxylic acid groups (broad SMARTS) is 1. The summed E-state index contributed by atoms with van der Waals surface area (Å²) in [6, 6.07) is 12.5. The summed E-state index contributed by atoms with van der Waals surface area (Å²) in [7, 11) is 1.55. The molecular formula is C29H32F4N2O3S. The molecule has 3 atom stereocenters. The van der Waals surface area contributed by atoms with E-state index in [1.54, 1.807) is 43.6 Å². The molecule has 0 amide bonds. The lowest BCUT2D eigenvalue weighted by atomic mass is 9.81. The van der Waals surface area contributed by atoms with Gasteiger partial charge in [0.1, 0.15) is 11.9 Å². The van der Waals surface area contributed by atoms with Gasteiger partial charge in [0.2, 0.25) is 0 Å². The normalized spacial score (nSPS) is 19.2. The number of methoxy groups -OCH3 is 1. The highest BCUT2D eigenvalue weighted by Gasteiger charge is 2.35. The van der Waals surface area contributed by atoms with Gasteiger partial charge in [0.15, 0.2) is 0 Å². The molecule has 0 radical (unpaired) electrons. The van der Waals surface area contributed by atoms with E-state index in [9.17, 15) is 23.1 Å². The van der Waals surface area contributed by atoms with Crippen LogP contribution in [-0.4, -0.2) is 53.5 Å². The average molecular weight is 565 g/mol. The number of nitrogens with zero attached hydrogens (tertiary/aromatic N) is 2. The topological polar surface area (TPSA) is 62.7 Å². The number of ether oxygens (including phenoxy) is 1. The zero-order valence-electron chi connectivity index (χ0n) is 21.7. The van der Waals surface area contributed by atoms with Crippen molar-refractivity contribution in [3.05, 3.63) is 65.9 Å². The number of hydrogen-bond donors (Lipinski definition) is 1. The monoisotopic (exact) mass is 564 g/mol. The number of alkyl halides is 4. The molecule has 1 N–H and O–H groups in total. The Morgan fingerprint density at radius 3 is 2.77 bits per heavy atom. The molecule has 0 spiro atoms. The van der Waals surface area contributed by atoms with Crippen LogP contribution in [-0.2, 0) is 11.0 Å². The van der Waals surface area contributed by atoms with Crippen molar-refractivity contribution in [1.82, 2.24) is 9.88 Å². The van der Waals surface area contributed by atoms with Crippen LogP contribution < -0.4 is 4.74 Å². The number of benzene rings is 2. The van der Waals surface area contributed by atoms with Crippen LogP contribution in [0, 0.1) is 11.8 Å². The second-order valence-electron chi connectivity index (χ2n) is 9.82. The summed E-state index contributed by atoms with van der Waals surface area (Å²) in [5.41, 5.74) is 0.562. The van der Waals surface area contributed by atoms with Gasteiger partial charge in [0.25, 0.3) is 0 Å². The van der Waals surface area contributed by atoms with Crippen LogP contribution >= 0.6 is 11.8 Å². The average Bonchev–Trinajstić information content (AvgIpc) is 2.93. The van der Waals surface area contributed by atoms with Gasteiger partial charge in [-0.05, 0) is 92.4 Å². The van der Waals surface area contributed by atoms with Gasteiger partial charge in [-0.25, -0.2) is 4.39 Å². The maximum absolute atomic E-state index is 15.4. The summed E-state index contributed by atoms with van der Waals surface area (Å²) in [5, 5.41) is 10.6. The molecule has 1 aliphatic heterocycles. The molecule has 0 unspecified atom stereocenters. The molecule has 4 rings (SSSR count). The number of fused-ring (bicyclic) bond motifs is 1. The molecule has 0 aliphatic carbocycles. The summed E-state index contributed by atoms with van der Waals surface area (Å²) >= 11 is 1.17. The highest BCUT2D eigenvalue weighted by molar-refractivity contribution is 7.99. The van der Waals surface area contributed by atoms with Crippen molar-refractivity contribution in [1.29, 1.82) is 0 Å². The van der Waals surface area contributed by atoms with Crippen molar-refractivity contribution < 1.29 is 32.2 Å². The molecule has 2 heterocycles. The predicted octanol–water partition coefficient (Wildman–Crippen LogP) is 7.26. The summed E-state index contributed by atoms with van der Waals surface area (Å²) in [4.78, 5) is 18.6. The molecule has 39 heavy (non-hydrogen) atoms. The SMILES string of the molecule is COc1ccc2nccc([C@@H](F)CC[C@@H]3CCN(CCCSc4ccccc4C(F)(F)F)C[C@@H]3C(=O)O)c2c1. The van der Waals surface area contributed by atoms with Crippen molar-refractivity contribution in [2.75, 3.05) is 32.5 Å². The summed E-state index contributed by atoms with van der Waals surface area (Å²) < 4.78 is 60.3. The Balaban J connectivity index is 1.29. The zero-order chi connectivity index (χ0) is 28.0. The van der Waals surface area contributed by atoms with Gasteiger partial charge in [-0.3, -0.25) is 9.78 Å². The smallest absolute Gasteiger partial charge is 0.417 e. The van der Waals surface area contributed by atoms with Gasteiger partial charge in [0, 0.05) is 23.0 Å². The minimum atomic E-state index is -4.39. The molecule has 1 aliphatic rings. The van der Waals surface area contributed by atoms with E-state index in [2.05, 4.69) is 9.88 Å². The third-order valence-corrected chi connectivity index (χ3v) is 8.50. The minimum Gasteiger partial charge on any atom is -0.497 e. The van der Waals surface area contributed by atoms with E-state index in [0.717, 1.165) is 6.07 Å². The molecule has 1 aromatic heterocycles. The minimum absolute atomic E-state index is 0.146. The van der Waals surface area contributed by atoms with Crippen LogP contribution in [0.1, 0.15) is 43.0 Å². The fourth-order valence-electron chi connectivity index (χ4n) is 5.26. The highest BCUT2D eigenvalue weighted by atomic mass is 32.2. The molecule has 1 fully saturated rings. The first-order valence-electron chi connectivity index (χ1n) is 13.0. The Bertz CT molecular complexity index is 1270. The third kappa shape index (κ3) is 7.42. The van der Waals surface area contributed by atoms with E-state index in [1.807, 2.05) is 0 Å². The number of thioether (sulfide) groups is 1. The van der Waals surface area contributed by atoms with E-state index in [4.69, 9.17) is 4.74 Å². The molecule has 1 saturated heterocycles. The third-order valence-electron chi connectivity index (χ3n) is 7.34. The van der Waals surface area contributed by atoms with Crippen LogP contribution in [0.2, 0.25) is 0 Å². The molecule has 0 bridgehead atoms. The van der Waals surface area contributed by atoms with Gasteiger partial charge in [-0.15, -0.1) is 11.8 Å². The molecule has 10 heteroatoms. The molecule has 210 valence electrons. The van der Waals surface area contributed by atoms with Gasteiger partial charge < -0.3 is 14.7 Å². The standard InChI is InChI=1S/C29H32F4N2O3S/c1-38-20-8-10-26-22(17-20)21(11-13-34-26)25(30)9-7-19-12-15-35(18-23(19)28(36)37)14-4-16-39-27-6-3-2-5-24(27)29(31,32)33/h2-3,5-6,8,10-11,13,17,19,23,25H,4,7,9,12,14-16,18H2,1H3,(H,36,37)/t19-,23+,25+/m1/s1. The van der Waals surface area contributed by atoms with E-state index >= 15 is 4.39 Å². The highest BCUT2D eigenvalue weighted by Crippen LogP contribution is 2.38. The second-order valence-corrected chi connectivity index (χ2v) is 11.0. The van der Waals surface area contributed by atoms with Crippen LogP contribution in [0.15, 0.2) is 59.6 Å². The number of hydrogen-bond acceptors (Lipinski definition) is 5. The van der Waals surface area contributed by atoms with Crippen molar-refractivity contribution in [3.8, 4) is 5.75 Å². The van der Waals surface area contributed by atoms with Gasteiger partial charge >= 0.3 is 12.1 Å². The molecular weight excluding hydrogens is 532 g/mol. The number of aliphatic carboxylic acids is 1. The van der Waals surface area contributed by atoms with Crippen LogP contribution in [0.5, 0.6) is 5.75 Å². The van der Waals surface area contributed by atoms with Crippen molar-refractivity contribution in [2.24, 2.45) is 11.8 Å². The van der Waals surface area contributed by atoms with Crippen LogP contribution in [0.25, 0.3) is 10.9 Å². The maximum Gasteiger partial charge on any atom is 0.417 e. The number of rotatable bonds is 11. The summed E-state index contributed by atoms with van der Waals surface area (Å²) in [6.45, 7) is 1.65. The number of carboxylic acids is 1. The number of likely N-dealkylation sites (tertiary alicyclic amines) is 1. The Labute approximate surface area is 229 Å². The lowest BCUT2D eigenvalue weighted by molar-refractivity contribution is -0.146. The fourth-order valence-corrected chi connectivity index (χ4v) is 6.26. The molecule has 0 saturated carbocycles. The second kappa shape index (κ2) is 13.0. The van der Waals surface area contributed by atoms with Gasteiger partial charge in [-0.2, -0.15) is 13.2 Å². The zero-order valence-corrected chi connectivity index (χ0v) is 22.5. The Morgan fingerprint density at radius 2 is 2.03 bits per heavy atom. The quantitative estimate of drug-likeness (QED) is 0.150. The fraction of sp³-hybridized carbons (Fsp3) is 0.448. The van der Waals surface area contributed by atoms with Crippen LogP contribution in [0.3, 0.4) is 0 Å². The number of carbonyl (C=O) groups is 1. The van der Waals surface area contributed by atoms with Crippen molar-refractivity contribution in [3.63, 3.8) is 0 Å². The first-order chi connectivity index (χ1) is 18.7. The number of pyridine rings is 1. The summed E-state index contributed by atoms with van der Waals surface area (Å²) in [5.74, 6) is -0.539. The lowest BCUT2D eigenvalue weighted by Gasteiger charge is -2.36. The number of aromatic nitrogens is 1. The van der Waals surface area contributed by atoms with E-state index in [1.165, 1.54) is 23.9 Å².